The van der Waals surface area contributed by atoms with Gasteiger partial charge in [0.15, 0.2) is 5.82 Å². The number of fused-ring (bicyclic) bond motifs is 1. The minimum Gasteiger partial charge on any atom is -0.339 e. The minimum absolute atomic E-state index is 0.0337. The van der Waals surface area contributed by atoms with Crippen LogP contribution >= 0.6 is 0 Å². The van der Waals surface area contributed by atoms with Crippen molar-refractivity contribution in [3.05, 3.63) is 29.7 Å². The molecule has 1 amide bonds. The first-order valence-electron chi connectivity index (χ1n) is 8.92. The number of carbonyl (C=O) groups is 1. The Balaban J connectivity index is 1.62. The first kappa shape index (κ1) is 18.1. The molecule has 10 nitrogen and oxygen atoms in total. The molecule has 27 heavy (non-hydrogen) atoms. The molecule has 0 bridgehead atoms. The van der Waals surface area contributed by atoms with E-state index >= 15 is 0 Å². The molecule has 1 unspecified atom stereocenters. The molecule has 0 spiro atoms. The maximum atomic E-state index is 12.8. The lowest BCUT2D eigenvalue weighted by atomic mass is 9.80. The number of aromatic nitrogens is 4. The first-order chi connectivity index (χ1) is 12.8. The summed E-state index contributed by atoms with van der Waals surface area (Å²) in [4.78, 5) is 18.9. The second kappa shape index (κ2) is 6.41. The summed E-state index contributed by atoms with van der Waals surface area (Å²) >= 11 is 0. The van der Waals surface area contributed by atoms with E-state index in [1.165, 1.54) is 6.20 Å². The molecule has 3 heterocycles. The van der Waals surface area contributed by atoms with E-state index in [-0.39, 0.29) is 23.6 Å². The maximum absolute atomic E-state index is 12.8. The first-order valence-corrected chi connectivity index (χ1v) is 10.6. The normalized spacial score (nSPS) is 27.9. The van der Waals surface area contributed by atoms with Crippen molar-refractivity contribution in [2.45, 2.75) is 38.1 Å². The average molecular weight is 394 g/mol. The van der Waals surface area contributed by atoms with Gasteiger partial charge in [-0.15, -0.1) is 0 Å². The van der Waals surface area contributed by atoms with E-state index in [4.69, 9.17) is 4.52 Å². The Morgan fingerprint density at radius 2 is 2.33 bits per heavy atom. The molecule has 1 saturated carbocycles. The van der Waals surface area contributed by atoms with Gasteiger partial charge in [-0.3, -0.25) is 9.89 Å². The number of aryl methyl sites for hydroxylation is 1. The summed E-state index contributed by atoms with van der Waals surface area (Å²) in [5.74, 6) is 0.963. The number of hydrogen-bond acceptors (Lipinski definition) is 7. The van der Waals surface area contributed by atoms with Gasteiger partial charge in [0.05, 0.1) is 22.9 Å². The fraction of sp³-hybridized carbons (Fsp3) is 0.625. The summed E-state index contributed by atoms with van der Waals surface area (Å²) in [6, 6.07) is -0.210. The lowest BCUT2D eigenvalue weighted by Crippen LogP contribution is -2.39. The minimum atomic E-state index is -3.31. The summed E-state index contributed by atoms with van der Waals surface area (Å²) < 4.78 is 32.3. The van der Waals surface area contributed by atoms with E-state index in [1.54, 1.807) is 24.9 Å². The van der Waals surface area contributed by atoms with Crippen molar-refractivity contribution in [3.8, 4) is 0 Å². The van der Waals surface area contributed by atoms with E-state index in [9.17, 15) is 13.2 Å². The Kier molecular flexibility index (Phi) is 4.30. The zero-order chi connectivity index (χ0) is 19.2. The summed E-state index contributed by atoms with van der Waals surface area (Å²) in [6.45, 7) is 4.28. The van der Waals surface area contributed by atoms with Crippen molar-refractivity contribution in [1.82, 2.24) is 30.0 Å². The lowest BCUT2D eigenvalue weighted by Gasteiger charge is -2.25. The Morgan fingerprint density at radius 3 is 2.96 bits per heavy atom. The number of H-pyrrole nitrogens is 1. The second-order valence-electron chi connectivity index (χ2n) is 7.33. The Bertz CT molecular complexity index is 940. The molecule has 1 aliphatic carbocycles. The van der Waals surface area contributed by atoms with Crippen molar-refractivity contribution in [2.75, 3.05) is 18.8 Å². The highest BCUT2D eigenvalue weighted by molar-refractivity contribution is 7.89. The SMILES string of the molecule is CCS(=O)(=O)N[C@@H]1CC2CN(C(=O)c3cn[nH]c3)C[C@@]2(c2nc(C)no2)C1. The monoisotopic (exact) mass is 394 g/mol. The number of carbonyl (C=O) groups excluding carboxylic acids is 1. The Hall–Kier alpha value is -2.27. The van der Waals surface area contributed by atoms with E-state index in [0.717, 1.165) is 0 Å². The number of nitrogens with one attached hydrogen (secondary N) is 2. The molecule has 4 rings (SSSR count). The standard InChI is InChI=1S/C16H22N6O4S/c1-3-27(24,25)21-13-4-12-8-22(14(23)11-6-17-18-7-11)9-16(12,5-13)15-19-10(2)20-26-15/h6-7,12-13,21H,3-5,8-9H2,1-2H3,(H,17,18)/t12?,13-,16+/m1/s1. The number of amides is 1. The van der Waals surface area contributed by atoms with Crippen molar-refractivity contribution >= 4 is 15.9 Å². The zero-order valence-corrected chi connectivity index (χ0v) is 16.0. The molecule has 11 heteroatoms. The molecule has 3 atom stereocenters. The number of likely N-dealkylation sites (tertiary alicyclic amines) is 1. The third-order valence-electron chi connectivity index (χ3n) is 5.59. The third kappa shape index (κ3) is 3.14. The van der Waals surface area contributed by atoms with Crippen LogP contribution in [-0.2, 0) is 15.4 Å². The molecular formula is C16H22N6O4S. The van der Waals surface area contributed by atoms with Crippen LogP contribution < -0.4 is 4.72 Å². The van der Waals surface area contributed by atoms with Crippen molar-refractivity contribution in [1.29, 1.82) is 0 Å². The number of sulfonamides is 1. The molecule has 1 saturated heterocycles. The molecule has 2 aromatic heterocycles. The molecule has 2 N–H and O–H groups in total. The Morgan fingerprint density at radius 1 is 1.52 bits per heavy atom. The molecule has 0 aromatic carbocycles. The van der Waals surface area contributed by atoms with Gasteiger partial charge >= 0.3 is 0 Å². The maximum Gasteiger partial charge on any atom is 0.257 e. The average Bonchev–Trinajstić information content (AvgIpc) is 3.36. The molecule has 146 valence electrons. The van der Waals surface area contributed by atoms with Gasteiger partial charge in [0, 0.05) is 25.3 Å². The summed E-state index contributed by atoms with van der Waals surface area (Å²) in [6.07, 6.45) is 4.21. The predicted molar refractivity (Wildman–Crippen MR) is 94.3 cm³/mol. The van der Waals surface area contributed by atoms with Gasteiger partial charge < -0.3 is 9.42 Å². The van der Waals surface area contributed by atoms with E-state index in [0.29, 0.717) is 43.2 Å². The highest BCUT2D eigenvalue weighted by Gasteiger charge is 2.58. The van der Waals surface area contributed by atoms with Crippen LogP contribution in [0.5, 0.6) is 0 Å². The van der Waals surface area contributed by atoms with E-state index in [1.807, 2.05) is 0 Å². The van der Waals surface area contributed by atoms with Gasteiger partial charge in [-0.25, -0.2) is 13.1 Å². The fourth-order valence-corrected chi connectivity index (χ4v) is 5.19. The van der Waals surface area contributed by atoms with Crippen LogP contribution in [0.25, 0.3) is 0 Å². The van der Waals surface area contributed by atoms with Crippen molar-refractivity contribution in [2.24, 2.45) is 5.92 Å². The lowest BCUT2D eigenvalue weighted by molar-refractivity contribution is 0.0773. The second-order valence-corrected chi connectivity index (χ2v) is 9.37. The Labute approximate surface area is 156 Å². The molecule has 2 aliphatic rings. The smallest absolute Gasteiger partial charge is 0.257 e. The predicted octanol–water partition coefficient (Wildman–Crippen LogP) is 0.213. The summed E-state index contributed by atoms with van der Waals surface area (Å²) in [5.41, 5.74) is -0.0447. The molecule has 2 aromatic rings. The van der Waals surface area contributed by atoms with Crippen LogP contribution in [0.15, 0.2) is 16.9 Å². The van der Waals surface area contributed by atoms with Crippen LogP contribution in [-0.4, -0.2) is 64.4 Å². The summed E-state index contributed by atoms with van der Waals surface area (Å²) in [7, 11) is -3.31. The molecule has 2 fully saturated rings. The van der Waals surface area contributed by atoms with Gasteiger partial charge in [0.25, 0.3) is 5.91 Å². The van der Waals surface area contributed by atoms with Gasteiger partial charge in [-0.2, -0.15) is 10.1 Å². The van der Waals surface area contributed by atoms with Crippen LogP contribution in [0.2, 0.25) is 0 Å². The fourth-order valence-electron chi connectivity index (χ4n) is 4.33. The van der Waals surface area contributed by atoms with E-state index < -0.39 is 15.4 Å². The van der Waals surface area contributed by atoms with Gasteiger partial charge in [-0.05, 0) is 32.6 Å². The number of aromatic amines is 1. The van der Waals surface area contributed by atoms with Gasteiger partial charge in [0.2, 0.25) is 15.9 Å². The zero-order valence-electron chi connectivity index (χ0n) is 15.2. The van der Waals surface area contributed by atoms with E-state index in [2.05, 4.69) is 25.1 Å². The quantitative estimate of drug-likeness (QED) is 0.740. The number of rotatable bonds is 5. The number of hydrogen-bond donors (Lipinski definition) is 2. The van der Waals surface area contributed by atoms with Crippen LogP contribution in [0.3, 0.4) is 0 Å². The highest BCUT2D eigenvalue weighted by Crippen LogP contribution is 2.50. The molecular weight excluding hydrogens is 372 g/mol. The van der Waals surface area contributed by atoms with Crippen LogP contribution in [0.4, 0.5) is 0 Å². The molecule has 0 radical (unpaired) electrons. The van der Waals surface area contributed by atoms with Gasteiger partial charge in [0.1, 0.15) is 0 Å². The molecule has 1 aliphatic heterocycles. The van der Waals surface area contributed by atoms with Crippen LogP contribution in [0, 0.1) is 12.8 Å². The summed E-state index contributed by atoms with van der Waals surface area (Å²) in [5, 5.41) is 10.4. The van der Waals surface area contributed by atoms with Crippen molar-refractivity contribution < 1.29 is 17.7 Å². The highest BCUT2D eigenvalue weighted by atomic mass is 32.2. The van der Waals surface area contributed by atoms with Crippen molar-refractivity contribution in [3.63, 3.8) is 0 Å². The number of nitrogens with zero attached hydrogens (tertiary/aromatic N) is 4. The van der Waals surface area contributed by atoms with Gasteiger partial charge in [-0.1, -0.05) is 5.16 Å². The van der Waals surface area contributed by atoms with Crippen LogP contribution in [0.1, 0.15) is 41.8 Å². The largest absolute Gasteiger partial charge is 0.339 e. The third-order valence-corrected chi connectivity index (χ3v) is 7.04. The topological polar surface area (TPSA) is 134 Å².